The van der Waals surface area contributed by atoms with Gasteiger partial charge in [0.25, 0.3) is 11.8 Å². The molecule has 0 N–H and O–H groups in total. The van der Waals surface area contributed by atoms with Crippen molar-refractivity contribution in [1.29, 1.82) is 0 Å². The second-order valence-corrected chi connectivity index (χ2v) is 7.68. The van der Waals surface area contributed by atoms with Crippen LogP contribution in [-0.4, -0.2) is 51.9 Å². The molecule has 1 aliphatic heterocycles. The summed E-state index contributed by atoms with van der Waals surface area (Å²) in [6.07, 6.45) is 2.32. The van der Waals surface area contributed by atoms with E-state index in [0.29, 0.717) is 29.2 Å². The first-order valence-corrected chi connectivity index (χ1v) is 9.54. The molecular formula is C21H21ClN4O2. The molecule has 144 valence electrons. The predicted molar refractivity (Wildman–Crippen MR) is 108 cm³/mol. The number of fused-ring (bicyclic) bond motifs is 2. The Hall–Kier alpha value is -2.86. The molecule has 0 bridgehead atoms. The molecule has 0 spiro atoms. The van der Waals surface area contributed by atoms with E-state index in [1.165, 1.54) is 0 Å². The van der Waals surface area contributed by atoms with Gasteiger partial charge in [0.15, 0.2) is 5.69 Å². The van der Waals surface area contributed by atoms with Gasteiger partial charge in [-0.15, -0.1) is 0 Å². The molecule has 1 unspecified atom stereocenters. The van der Waals surface area contributed by atoms with Crippen LogP contribution in [0.25, 0.3) is 5.52 Å². The molecule has 1 atom stereocenters. The maximum atomic E-state index is 13.1. The molecule has 0 saturated heterocycles. The number of carbonyl (C=O) groups excluding carboxylic acids is 2. The minimum Gasteiger partial charge on any atom is -0.345 e. The Bertz CT molecular complexity index is 1090. The Labute approximate surface area is 168 Å². The van der Waals surface area contributed by atoms with Crippen molar-refractivity contribution in [1.82, 2.24) is 19.4 Å². The van der Waals surface area contributed by atoms with Crippen molar-refractivity contribution in [2.75, 3.05) is 20.6 Å². The zero-order chi connectivity index (χ0) is 20.0. The van der Waals surface area contributed by atoms with Crippen LogP contribution in [0.3, 0.4) is 0 Å². The first-order chi connectivity index (χ1) is 13.4. The number of halogens is 1. The smallest absolute Gasteiger partial charge is 0.274 e. The summed E-state index contributed by atoms with van der Waals surface area (Å²) in [5.74, 6) is -0.136. The molecule has 0 saturated carbocycles. The van der Waals surface area contributed by atoms with Crippen molar-refractivity contribution in [3.8, 4) is 0 Å². The van der Waals surface area contributed by atoms with E-state index in [1.54, 1.807) is 41.8 Å². The summed E-state index contributed by atoms with van der Waals surface area (Å²) in [6.45, 7) is 2.53. The molecule has 0 fully saturated rings. The van der Waals surface area contributed by atoms with Gasteiger partial charge in [-0.25, -0.2) is 4.52 Å². The molecule has 3 heterocycles. The molecule has 1 aliphatic rings. The van der Waals surface area contributed by atoms with E-state index in [-0.39, 0.29) is 17.9 Å². The van der Waals surface area contributed by atoms with Crippen molar-refractivity contribution < 1.29 is 9.59 Å². The van der Waals surface area contributed by atoms with Crippen molar-refractivity contribution in [2.45, 2.75) is 19.4 Å². The fraction of sp³-hybridized carbons (Fsp3) is 0.286. The summed E-state index contributed by atoms with van der Waals surface area (Å²) >= 11 is 6.01. The van der Waals surface area contributed by atoms with Crippen LogP contribution < -0.4 is 0 Å². The minimum atomic E-state index is -0.139. The Morgan fingerprint density at radius 2 is 2.00 bits per heavy atom. The molecule has 1 aromatic carbocycles. The van der Waals surface area contributed by atoms with Crippen LogP contribution in [0.4, 0.5) is 0 Å². The van der Waals surface area contributed by atoms with E-state index in [9.17, 15) is 9.59 Å². The molecule has 28 heavy (non-hydrogen) atoms. The highest BCUT2D eigenvalue weighted by Crippen LogP contribution is 2.32. The summed E-state index contributed by atoms with van der Waals surface area (Å²) in [5.41, 5.74) is 3.96. The number of carbonyl (C=O) groups is 2. The maximum Gasteiger partial charge on any atom is 0.274 e. The third kappa shape index (κ3) is 3.03. The van der Waals surface area contributed by atoms with E-state index in [0.717, 1.165) is 16.6 Å². The summed E-state index contributed by atoms with van der Waals surface area (Å²) < 4.78 is 1.62. The Morgan fingerprint density at radius 3 is 2.75 bits per heavy atom. The molecular weight excluding hydrogens is 376 g/mol. The van der Waals surface area contributed by atoms with Gasteiger partial charge in [-0.1, -0.05) is 23.7 Å². The van der Waals surface area contributed by atoms with Crippen LogP contribution in [0.5, 0.6) is 0 Å². The largest absolute Gasteiger partial charge is 0.345 e. The van der Waals surface area contributed by atoms with E-state index >= 15 is 0 Å². The number of nitrogens with zero attached hydrogens (tertiary/aromatic N) is 4. The van der Waals surface area contributed by atoms with E-state index < -0.39 is 0 Å². The van der Waals surface area contributed by atoms with Crippen molar-refractivity contribution in [3.05, 3.63) is 70.0 Å². The Balaban J connectivity index is 1.67. The summed E-state index contributed by atoms with van der Waals surface area (Å²) in [7, 11) is 3.50. The molecule has 2 amide bonds. The summed E-state index contributed by atoms with van der Waals surface area (Å²) in [5, 5.41) is 4.95. The highest BCUT2D eigenvalue weighted by atomic mass is 35.5. The van der Waals surface area contributed by atoms with Crippen molar-refractivity contribution in [2.24, 2.45) is 0 Å². The summed E-state index contributed by atoms with van der Waals surface area (Å²) in [6, 6.07) is 11.0. The van der Waals surface area contributed by atoms with E-state index in [2.05, 4.69) is 5.10 Å². The van der Waals surface area contributed by atoms with E-state index in [4.69, 9.17) is 11.6 Å². The van der Waals surface area contributed by atoms with Crippen molar-refractivity contribution >= 4 is 28.9 Å². The van der Waals surface area contributed by atoms with Crippen LogP contribution in [0.2, 0.25) is 5.02 Å². The minimum absolute atomic E-state index is 0.0129. The second kappa shape index (κ2) is 6.95. The van der Waals surface area contributed by atoms with E-state index in [1.807, 2.05) is 36.1 Å². The quantitative estimate of drug-likeness (QED) is 0.666. The zero-order valence-corrected chi connectivity index (χ0v) is 16.8. The van der Waals surface area contributed by atoms with Crippen LogP contribution >= 0.6 is 11.6 Å². The monoisotopic (exact) mass is 396 g/mol. The van der Waals surface area contributed by atoms with Crippen LogP contribution in [0.15, 0.2) is 42.6 Å². The third-order valence-corrected chi connectivity index (χ3v) is 5.50. The lowest BCUT2D eigenvalue weighted by Crippen LogP contribution is -2.40. The molecule has 7 heteroatoms. The van der Waals surface area contributed by atoms with Crippen molar-refractivity contribution in [3.63, 3.8) is 0 Å². The number of benzene rings is 1. The average Bonchev–Trinajstić information content (AvgIpc) is 3.10. The van der Waals surface area contributed by atoms with Crippen LogP contribution in [-0.2, 0) is 6.42 Å². The molecule has 6 nitrogen and oxygen atoms in total. The molecule has 0 radical (unpaired) electrons. The highest BCUT2D eigenvalue weighted by Gasteiger charge is 2.31. The van der Waals surface area contributed by atoms with Gasteiger partial charge in [0.2, 0.25) is 0 Å². The van der Waals surface area contributed by atoms with Gasteiger partial charge < -0.3 is 9.80 Å². The van der Waals surface area contributed by atoms with Crippen LogP contribution in [0.1, 0.15) is 44.9 Å². The molecule has 3 aromatic rings. The van der Waals surface area contributed by atoms with Gasteiger partial charge in [0, 0.05) is 32.4 Å². The lowest BCUT2D eigenvalue weighted by Gasteiger charge is -2.35. The van der Waals surface area contributed by atoms with Gasteiger partial charge in [-0.05, 0) is 48.7 Å². The van der Waals surface area contributed by atoms with Gasteiger partial charge in [-0.3, -0.25) is 9.59 Å². The zero-order valence-electron chi connectivity index (χ0n) is 16.0. The predicted octanol–water partition coefficient (Wildman–Crippen LogP) is 3.45. The molecule has 0 aliphatic carbocycles. The maximum absolute atomic E-state index is 13.1. The number of hydrogen-bond donors (Lipinski definition) is 0. The third-order valence-electron chi connectivity index (χ3n) is 5.27. The topological polar surface area (TPSA) is 57.9 Å². The second-order valence-electron chi connectivity index (χ2n) is 7.24. The number of pyridine rings is 1. The molecule has 2 aromatic heterocycles. The highest BCUT2D eigenvalue weighted by molar-refractivity contribution is 6.30. The standard InChI is InChI=1S/C21H21ClN4O2/c1-13-16-5-4-6-18(20(27)24(2)3)17(16)9-10-25(13)21(28)19-11-15-8-7-14(22)12-26(15)23-19/h4-8,11-13H,9-10H2,1-3H3. The number of rotatable bonds is 2. The number of hydrogen-bond acceptors (Lipinski definition) is 3. The fourth-order valence-corrected chi connectivity index (χ4v) is 3.96. The SMILES string of the molecule is CC1c2cccc(C(=O)N(C)C)c2CCN1C(=O)c1cc2ccc(Cl)cn2n1. The van der Waals surface area contributed by atoms with Gasteiger partial charge >= 0.3 is 0 Å². The Morgan fingerprint density at radius 1 is 1.21 bits per heavy atom. The van der Waals surface area contributed by atoms with Gasteiger partial charge in [0.1, 0.15) is 0 Å². The Kier molecular flexibility index (Phi) is 4.59. The lowest BCUT2D eigenvalue weighted by atomic mass is 9.89. The summed E-state index contributed by atoms with van der Waals surface area (Å²) in [4.78, 5) is 29.1. The van der Waals surface area contributed by atoms with Crippen LogP contribution in [0, 0.1) is 0 Å². The molecule has 4 rings (SSSR count). The first kappa shape index (κ1) is 18.5. The lowest BCUT2D eigenvalue weighted by molar-refractivity contribution is 0.0670. The average molecular weight is 397 g/mol. The van der Waals surface area contributed by atoms with Gasteiger partial charge in [0.05, 0.1) is 16.6 Å². The number of amides is 2. The fourth-order valence-electron chi connectivity index (χ4n) is 3.80. The normalized spacial score (nSPS) is 16.1. The first-order valence-electron chi connectivity index (χ1n) is 9.16. The number of aromatic nitrogens is 2. The van der Waals surface area contributed by atoms with Gasteiger partial charge in [-0.2, -0.15) is 5.10 Å².